The monoisotopic (exact) mass is 253 g/mol. The van der Waals surface area contributed by atoms with E-state index in [0.717, 1.165) is 17.7 Å². The number of hydrogen-bond donors (Lipinski definition) is 1. The fourth-order valence-corrected chi connectivity index (χ4v) is 1.59. The maximum atomic E-state index is 6.04. The average Bonchev–Trinajstić information content (AvgIpc) is 2.42. The Hall–Kier alpha value is -1.10. The van der Waals surface area contributed by atoms with Gasteiger partial charge >= 0.3 is 0 Å². The van der Waals surface area contributed by atoms with Gasteiger partial charge in [-0.3, -0.25) is 0 Å². The Balaban J connectivity index is 2.37. The van der Waals surface area contributed by atoms with Crippen molar-refractivity contribution in [1.29, 1.82) is 0 Å². The number of benzene rings is 1. The first-order valence-corrected chi connectivity index (χ1v) is 6.33. The highest BCUT2D eigenvalue weighted by atomic mass is 16.5. The maximum Gasteiger partial charge on any atom is 0.124 e. The summed E-state index contributed by atoms with van der Waals surface area (Å²) in [7, 11) is 1.66. The second kappa shape index (κ2) is 8.91. The molecule has 0 bridgehead atoms. The largest absolute Gasteiger partial charge is 0.491 e. The zero-order chi connectivity index (χ0) is 13.2. The van der Waals surface area contributed by atoms with E-state index in [0.29, 0.717) is 26.4 Å². The Morgan fingerprint density at radius 3 is 2.56 bits per heavy atom. The minimum atomic E-state index is 0.0237. The van der Waals surface area contributed by atoms with E-state index in [2.05, 4.69) is 6.92 Å². The van der Waals surface area contributed by atoms with E-state index in [4.69, 9.17) is 19.9 Å². The third-order valence-electron chi connectivity index (χ3n) is 2.68. The minimum Gasteiger partial charge on any atom is -0.491 e. The lowest BCUT2D eigenvalue weighted by molar-refractivity contribution is 0.0542. The van der Waals surface area contributed by atoms with Gasteiger partial charge in [-0.25, -0.2) is 0 Å². The van der Waals surface area contributed by atoms with Crippen molar-refractivity contribution >= 4 is 0 Å². The van der Waals surface area contributed by atoms with Crippen molar-refractivity contribution in [3.8, 4) is 5.75 Å². The maximum absolute atomic E-state index is 6.04. The van der Waals surface area contributed by atoms with Crippen molar-refractivity contribution in [2.24, 2.45) is 5.73 Å². The summed E-state index contributed by atoms with van der Waals surface area (Å²) in [5.74, 6) is 0.849. The van der Waals surface area contributed by atoms with Gasteiger partial charge in [-0.1, -0.05) is 25.1 Å². The molecule has 0 amide bonds. The zero-order valence-corrected chi connectivity index (χ0v) is 11.2. The lowest BCUT2D eigenvalue weighted by atomic mass is 10.0. The molecule has 2 N–H and O–H groups in total. The molecule has 0 radical (unpaired) electrons. The van der Waals surface area contributed by atoms with Gasteiger partial charge < -0.3 is 19.9 Å². The van der Waals surface area contributed by atoms with E-state index >= 15 is 0 Å². The van der Waals surface area contributed by atoms with Crippen LogP contribution in [-0.4, -0.2) is 33.5 Å². The third-order valence-corrected chi connectivity index (χ3v) is 2.68. The van der Waals surface area contributed by atoms with Crippen molar-refractivity contribution in [3.63, 3.8) is 0 Å². The van der Waals surface area contributed by atoms with Crippen LogP contribution < -0.4 is 10.5 Å². The first kappa shape index (κ1) is 15.0. The van der Waals surface area contributed by atoms with Crippen LogP contribution in [0.15, 0.2) is 24.3 Å². The topological polar surface area (TPSA) is 53.7 Å². The molecule has 0 aromatic heterocycles. The summed E-state index contributed by atoms with van der Waals surface area (Å²) in [5, 5.41) is 0. The van der Waals surface area contributed by atoms with Crippen molar-refractivity contribution < 1.29 is 14.2 Å². The molecule has 1 aromatic carbocycles. The van der Waals surface area contributed by atoms with E-state index in [-0.39, 0.29) is 6.04 Å². The van der Waals surface area contributed by atoms with Crippen LogP contribution in [0.3, 0.4) is 0 Å². The molecule has 1 aromatic rings. The third kappa shape index (κ3) is 5.04. The summed E-state index contributed by atoms with van der Waals surface area (Å²) in [6.45, 7) is 4.35. The first-order chi connectivity index (χ1) is 8.79. The van der Waals surface area contributed by atoms with Crippen LogP contribution in [0.5, 0.6) is 5.75 Å². The van der Waals surface area contributed by atoms with Crippen molar-refractivity contribution in [2.45, 2.75) is 19.4 Å². The van der Waals surface area contributed by atoms with Gasteiger partial charge in [0.05, 0.1) is 19.8 Å². The highest BCUT2D eigenvalue weighted by molar-refractivity contribution is 5.35. The van der Waals surface area contributed by atoms with E-state index in [9.17, 15) is 0 Å². The molecule has 4 heteroatoms. The predicted octanol–water partition coefficient (Wildman–Crippen LogP) is 2.14. The van der Waals surface area contributed by atoms with Crippen LogP contribution >= 0.6 is 0 Å². The van der Waals surface area contributed by atoms with Crippen LogP contribution in [0.25, 0.3) is 0 Å². The van der Waals surface area contributed by atoms with Gasteiger partial charge in [0.15, 0.2) is 0 Å². The van der Waals surface area contributed by atoms with E-state index in [1.807, 2.05) is 24.3 Å². The molecule has 0 spiro atoms. The van der Waals surface area contributed by atoms with Crippen molar-refractivity contribution in [3.05, 3.63) is 29.8 Å². The lowest BCUT2D eigenvalue weighted by Crippen LogP contribution is -2.14. The van der Waals surface area contributed by atoms with E-state index in [1.54, 1.807) is 7.11 Å². The van der Waals surface area contributed by atoms with E-state index < -0.39 is 0 Å². The summed E-state index contributed by atoms with van der Waals surface area (Å²) in [6, 6.07) is 7.91. The Labute approximate surface area is 109 Å². The quantitative estimate of drug-likeness (QED) is 0.685. The molecule has 0 heterocycles. The average molecular weight is 253 g/mol. The molecule has 0 fully saturated rings. The molecule has 1 unspecified atom stereocenters. The predicted molar refractivity (Wildman–Crippen MR) is 71.9 cm³/mol. The molecule has 102 valence electrons. The molecule has 0 aliphatic carbocycles. The molecule has 4 nitrogen and oxygen atoms in total. The smallest absolute Gasteiger partial charge is 0.124 e. The molecule has 0 aliphatic rings. The number of methoxy groups -OCH3 is 1. The standard InChI is InChI=1S/C14H23NO3/c1-3-13(15)12-6-4-5-7-14(12)18-11-10-17-9-8-16-2/h4-7,13H,3,8-11,15H2,1-2H3. The molecule has 1 rings (SSSR count). The number of nitrogens with two attached hydrogens (primary N) is 1. The van der Waals surface area contributed by atoms with Gasteiger partial charge in [0.25, 0.3) is 0 Å². The molecular weight excluding hydrogens is 230 g/mol. The molecule has 0 saturated heterocycles. The van der Waals surface area contributed by atoms with Crippen LogP contribution in [0.4, 0.5) is 0 Å². The van der Waals surface area contributed by atoms with Gasteiger partial charge in [0, 0.05) is 18.7 Å². The number of hydrogen-bond acceptors (Lipinski definition) is 4. The van der Waals surface area contributed by atoms with Gasteiger partial charge in [-0.2, -0.15) is 0 Å². The fourth-order valence-electron chi connectivity index (χ4n) is 1.59. The summed E-state index contributed by atoms with van der Waals surface area (Å²) in [4.78, 5) is 0. The first-order valence-electron chi connectivity index (χ1n) is 6.33. The van der Waals surface area contributed by atoms with Crippen LogP contribution in [-0.2, 0) is 9.47 Å². The normalized spacial score (nSPS) is 12.4. The van der Waals surface area contributed by atoms with Gasteiger partial charge in [0.2, 0.25) is 0 Å². The highest BCUT2D eigenvalue weighted by Crippen LogP contribution is 2.25. The second-order valence-corrected chi connectivity index (χ2v) is 4.01. The second-order valence-electron chi connectivity index (χ2n) is 4.01. The van der Waals surface area contributed by atoms with Crippen molar-refractivity contribution in [1.82, 2.24) is 0 Å². The molecular formula is C14H23NO3. The van der Waals surface area contributed by atoms with Crippen LogP contribution in [0.1, 0.15) is 24.9 Å². The number of rotatable bonds is 9. The van der Waals surface area contributed by atoms with Gasteiger partial charge in [-0.15, -0.1) is 0 Å². The SMILES string of the molecule is CCC(N)c1ccccc1OCCOCCOC. The van der Waals surface area contributed by atoms with Gasteiger partial charge in [-0.05, 0) is 12.5 Å². The minimum absolute atomic E-state index is 0.0237. The molecule has 18 heavy (non-hydrogen) atoms. The lowest BCUT2D eigenvalue weighted by Gasteiger charge is -2.15. The Morgan fingerprint density at radius 2 is 1.83 bits per heavy atom. The summed E-state index contributed by atoms with van der Waals surface area (Å²) < 4.78 is 15.9. The van der Waals surface area contributed by atoms with E-state index in [1.165, 1.54) is 0 Å². The zero-order valence-electron chi connectivity index (χ0n) is 11.2. The van der Waals surface area contributed by atoms with Crippen LogP contribution in [0.2, 0.25) is 0 Å². The number of para-hydroxylation sites is 1. The number of ether oxygens (including phenoxy) is 3. The Bertz CT molecular complexity index is 331. The summed E-state index contributed by atoms with van der Waals surface area (Å²) >= 11 is 0. The van der Waals surface area contributed by atoms with Crippen molar-refractivity contribution in [2.75, 3.05) is 33.5 Å². The molecule has 0 aliphatic heterocycles. The fraction of sp³-hybridized carbons (Fsp3) is 0.571. The molecule has 1 atom stereocenters. The Kier molecular flexibility index (Phi) is 7.41. The van der Waals surface area contributed by atoms with Crippen LogP contribution in [0, 0.1) is 0 Å². The molecule has 0 saturated carbocycles. The summed E-state index contributed by atoms with van der Waals surface area (Å²) in [6.07, 6.45) is 0.894. The Morgan fingerprint density at radius 1 is 1.11 bits per heavy atom. The van der Waals surface area contributed by atoms with Gasteiger partial charge in [0.1, 0.15) is 12.4 Å². The summed E-state index contributed by atoms with van der Waals surface area (Å²) in [5.41, 5.74) is 7.09. The highest BCUT2D eigenvalue weighted by Gasteiger charge is 2.09.